The van der Waals surface area contributed by atoms with Crippen molar-refractivity contribution in [2.45, 2.75) is 51.8 Å². The molecule has 1 aromatic heterocycles. The summed E-state index contributed by atoms with van der Waals surface area (Å²) in [5, 5.41) is 31.9. The molecule has 5 atom stereocenters. The van der Waals surface area contributed by atoms with Crippen LogP contribution in [0.5, 0.6) is 11.5 Å². The lowest BCUT2D eigenvalue weighted by molar-refractivity contribution is -0.262. The Morgan fingerprint density at radius 1 is 1.15 bits per heavy atom. The van der Waals surface area contributed by atoms with Crippen molar-refractivity contribution in [1.29, 1.82) is 0 Å². The Balaban J connectivity index is 1.87. The molecule has 1 amide bonds. The largest absolute Gasteiger partial charge is 0.504 e. The van der Waals surface area contributed by atoms with Gasteiger partial charge in [0, 0.05) is 23.9 Å². The van der Waals surface area contributed by atoms with Crippen molar-refractivity contribution in [2.75, 3.05) is 6.61 Å². The van der Waals surface area contributed by atoms with E-state index in [1.54, 1.807) is 20.8 Å². The zero-order valence-electron chi connectivity index (χ0n) is 18.4. The summed E-state index contributed by atoms with van der Waals surface area (Å²) in [6.07, 6.45) is -5.91. The molecule has 1 fully saturated rings. The fourth-order valence-corrected chi connectivity index (χ4v) is 3.37. The highest BCUT2D eigenvalue weighted by atomic mass is 16.7. The van der Waals surface area contributed by atoms with Crippen molar-refractivity contribution in [1.82, 2.24) is 0 Å². The fraction of sp³-hybridized carbons (Fsp3) is 0.500. The van der Waals surface area contributed by atoms with Crippen LogP contribution in [0, 0.1) is 11.3 Å². The molecule has 0 aliphatic carbocycles. The molecule has 1 aliphatic rings. The number of hydrogen-bond donors (Lipinski definition) is 4. The Morgan fingerprint density at radius 2 is 1.85 bits per heavy atom. The first-order valence-corrected chi connectivity index (χ1v) is 10.3. The number of rotatable bonds is 6. The number of amides is 1. The molecule has 2 aromatic rings. The van der Waals surface area contributed by atoms with E-state index in [9.17, 15) is 29.7 Å². The minimum Gasteiger partial charge on any atom is -0.504 e. The average molecular weight is 465 g/mol. The molecule has 0 unspecified atom stereocenters. The number of aliphatic hydroxyl groups excluding tert-OH is 2. The normalized spacial score (nSPS) is 25.5. The van der Waals surface area contributed by atoms with Gasteiger partial charge in [0.2, 0.25) is 12.2 Å². The Kier molecular flexibility index (Phi) is 6.96. The molecule has 5 N–H and O–H groups in total. The smallest absolute Gasteiger partial charge is 0.336 e. The topological polar surface area (TPSA) is 179 Å². The van der Waals surface area contributed by atoms with Crippen LogP contribution in [0.1, 0.15) is 27.2 Å². The number of carbonyl (C=O) groups excluding carboxylic acids is 2. The predicted molar refractivity (Wildman–Crippen MR) is 113 cm³/mol. The third-order valence-electron chi connectivity index (χ3n) is 5.20. The summed E-state index contributed by atoms with van der Waals surface area (Å²) in [6, 6.07) is 5.20. The van der Waals surface area contributed by atoms with Gasteiger partial charge in [-0.25, -0.2) is 4.79 Å². The number of phenols is 1. The molecule has 180 valence electrons. The van der Waals surface area contributed by atoms with Gasteiger partial charge in [-0.15, -0.1) is 0 Å². The number of phenolic OH excluding ortho intramolecular Hbond substituents is 1. The number of benzene rings is 1. The number of aliphatic hydroxyl groups is 2. The summed E-state index contributed by atoms with van der Waals surface area (Å²) < 4.78 is 21.7. The quantitative estimate of drug-likeness (QED) is 0.345. The van der Waals surface area contributed by atoms with E-state index < -0.39 is 59.2 Å². The predicted octanol–water partition coefficient (Wildman–Crippen LogP) is 0.405. The average Bonchev–Trinajstić information content (AvgIpc) is 2.71. The van der Waals surface area contributed by atoms with E-state index in [0.29, 0.717) is 5.39 Å². The number of fused-ring (bicyclic) bond motifs is 1. The van der Waals surface area contributed by atoms with Gasteiger partial charge in [0.25, 0.3) is 0 Å². The van der Waals surface area contributed by atoms with Crippen LogP contribution in [-0.4, -0.2) is 58.4 Å². The van der Waals surface area contributed by atoms with Crippen molar-refractivity contribution >= 4 is 22.8 Å². The SMILES string of the molecule is CC(C)(C)C(=O)OC[C@H]1O[C@@H](Oc2cc3ccc(=O)oc3cc2O)[C@@H](CC(N)=O)[C@@H](O)[C@@H]1O. The highest BCUT2D eigenvalue weighted by Gasteiger charge is 2.47. The number of nitrogens with two attached hydrogens (primary N) is 1. The number of carbonyl (C=O) groups is 2. The van der Waals surface area contributed by atoms with Gasteiger partial charge in [-0.05, 0) is 32.9 Å². The highest BCUT2D eigenvalue weighted by Crippen LogP contribution is 2.36. The summed E-state index contributed by atoms with van der Waals surface area (Å²) >= 11 is 0. The van der Waals surface area contributed by atoms with Crippen LogP contribution in [0.2, 0.25) is 0 Å². The second-order valence-electron chi connectivity index (χ2n) is 8.94. The van der Waals surface area contributed by atoms with E-state index in [1.165, 1.54) is 24.3 Å². The molecule has 0 spiro atoms. The molecule has 33 heavy (non-hydrogen) atoms. The van der Waals surface area contributed by atoms with E-state index in [4.69, 9.17) is 24.4 Å². The second-order valence-corrected chi connectivity index (χ2v) is 8.94. The van der Waals surface area contributed by atoms with E-state index in [0.717, 1.165) is 0 Å². The molecule has 3 rings (SSSR count). The molecule has 1 aliphatic heterocycles. The van der Waals surface area contributed by atoms with E-state index in [1.807, 2.05) is 0 Å². The van der Waals surface area contributed by atoms with Crippen LogP contribution < -0.4 is 16.1 Å². The van der Waals surface area contributed by atoms with Crippen molar-refractivity contribution in [3.8, 4) is 11.5 Å². The van der Waals surface area contributed by atoms with Gasteiger partial charge in [-0.3, -0.25) is 9.59 Å². The maximum atomic E-state index is 12.1. The van der Waals surface area contributed by atoms with E-state index in [-0.39, 0.29) is 24.4 Å². The fourth-order valence-electron chi connectivity index (χ4n) is 3.37. The highest BCUT2D eigenvalue weighted by molar-refractivity contribution is 5.80. The van der Waals surface area contributed by atoms with Gasteiger partial charge in [0.05, 0.1) is 17.4 Å². The Bertz CT molecular complexity index is 1090. The second kappa shape index (κ2) is 9.38. The van der Waals surface area contributed by atoms with Gasteiger partial charge in [-0.2, -0.15) is 0 Å². The monoisotopic (exact) mass is 465 g/mol. The van der Waals surface area contributed by atoms with Crippen molar-refractivity contribution in [3.63, 3.8) is 0 Å². The number of hydrogen-bond acceptors (Lipinski definition) is 10. The number of esters is 1. The Hall–Kier alpha value is -3.15. The summed E-state index contributed by atoms with van der Waals surface area (Å²) in [4.78, 5) is 35.0. The molecule has 1 aromatic carbocycles. The van der Waals surface area contributed by atoms with Crippen LogP contribution >= 0.6 is 0 Å². The summed E-state index contributed by atoms with van der Waals surface area (Å²) in [6.45, 7) is 4.58. The Labute approximate surface area is 188 Å². The van der Waals surface area contributed by atoms with Crippen molar-refractivity contribution < 1.29 is 43.5 Å². The number of ether oxygens (including phenoxy) is 3. The van der Waals surface area contributed by atoms with Crippen LogP contribution in [-0.2, 0) is 19.1 Å². The van der Waals surface area contributed by atoms with Crippen LogP contribution in [0.25, 0.3) is 11.0 Å². The summed E-state index contributed by atoms with van der Waals surface area (Å²) in [7, 11) is 0. The van der Waals surface area contributed by atoms with Crippen LogP contribution in [0.4, 0.5) is 0 Å². The standard InChI is InChI=1S/C22H27NO10/c1-22(2,3)21(29)30-9-15-19(28)18(27)11(7-16(23)25)20(33-15)32-14-6-10-4-5-17(26)31-13(10)8-12(14)24/h4-6,8,11,15,18-20,24,27-28H,7,9H2,1-3H3,(H2,23,25)/t11-,15+,18+,19+,20+/m0/s1. The molecule has 11 nitrogen and oxygen atoms in total. The van der Waals surface area contributed by atoms with Crippen molar-refractivity contribution in [2.24, 2.45) is 17.1 Å². The maximum Gasteiger partial charge on any atom is 0.336 e. The molecular formula is C22H27NO10. The van der Waals surface area contributed by atoms with Gasteiger partial charge in [-0.1, -0.05) is 0 Å². The van der Waals surface area contributed by atoms with Crippen LogP contribution in [0.15, 0.2) is 33.5 Å². The first kappa shape index (κ1) is 24.5. The molecule has 2 heterocycles. The van der Waals surface area contributed by atoms with Gasteiger partial charge in [0.15, 0.2) is 11.5 Å². The minimum atomic E-state index is -1.50. The third-order valence-corrected chi connectivity index (χ3v) is 5.20. The minimum absolute atomic E-state index is 0.0927. The van der Waals surface area contributed by atoms with Gasteiger partial charge < -0.3 is 39.7 Å². The van der Waals surface area contributed by atoms with E-state index in [2.05, 4.69) is 0 Å². The van der Waals surface area contributed by atoms with E-state index >= 15 is 0 Å². The lowest BCUT2D eigenvalue weighted by atomic mass is 9.88. The first-order valence-electron chi connectivity index (χ1n) is 10.3. The number of primary amides is 1. The Morgan fingerprint density at radius 3 is 2.48 bits per heavy atom. The zero-order chi connectivity index (χ0) is 24.5. The maximum absolute atomic E-state index is 12.1. The molecule has 0 radical (unpaired) electrons. The first-order chi connectivity index (χ1) is 15.4. The van der Waals surface area contributed by atoms with Gasteiger partial charge >= 0.3 is 11.6 Å². The molecule has 0 saturated carbocycles. The zero-order valence-corrected chi connectivity index (χ0v) is 18.4. The third kappa shape index (κ3) is 5.62. The molecule has 11 heteroatoms. The van der Waals surface area contributed by atoms with Crippen LogP contribution in [0.3, 0.4) is 0 Å². The molecular weight excluding hydrogens is 438 g/mol. The molecule has 0 bridgehead atoms. The van der Waals surface area contributed by atoms with Crippen molar-refractivity contribution in [3.05, 3.63) is 34.7 Å². The summed E-state index contributed by atoms with van der Waals surface area (Å²) in [5.41, 5.74) is 4.00. The molecule has 1 saturated heterocycles. The number of aromatic hydroxyl groups is 1. The lowest BCUT2D eigenvalue weighted by Gasteiger charge is -2.42. The van der Waals surface area contributed by atoms with Gasteiger partial charge in [0.1, 0.15) is 24.4 Å². The lowest BCUT2D eigenvalue weighted by Crippen LogP contribution is -2.58. The summed E-state index contributed by atoms with van der Waals surface area (Å²) in [5.74, 6) is -2.89.